The van der Waals surface area contributed by atoms with E-state index in [4.69, 9.17) is 18.0 Å². The van der Waals surface area contributed by atoms with E-state index in [-0.39, 0.29) is 5.91 Å². The van der Waals surface area contributed by atoms with Crippen molar-refractivity contribution >= 4 is 29.5 Å². The molecule has 7 heteroatoms. The topological polar surface area (TPSA) is 83.8 Å². The number of H-pyrrole nitrogens is 1. The number of nitrogens with zero attached hydrogens (tertiary/aromatic N) is 1. The number of nitrogens with two attached hydrogens (primary N) is 1. The molecule has 5 nitrogen and oxygen atoms in total. The van der Waals surface area contributed by atoms with Crippen LogP contribution in [0.3, 0.4) is 0 Å². The minimum absolute atomic E-state index is 0.238. The second kappa shape index (κ2) is 4.29. The number of amides is 1. The molecule has 1 rings (SSSR count). The zero-order chi connectivity index (χ0) is 8.97. The molecule has 0 saturated carbocycles. The van der Waals surface area contributed by atoms with E-state index < -0.39 is 0 Å². The Morgan fingerprint density at radius 2 is 2.58 bits per heavy atom. The van der Waals surface area contributed by atoms with E-state index in [0.29, 0.717) is 22.1 Å². The van der Waals surface area contributed by atoms with Crippen molar-refractivity contribution in [1.82, 2.24) is 15.5 Å². The van der Waals surface area contributed by atoms with Crippen LogP contribution in [0.1, 0.15) is 9.80 Å². The Balaban J connectivity index is 2.59. The van der Waals surface area contributed by atoms with Gasteiger partial charge in [-0.2, -0.15) is 5.10 Å². The highest BCUT2D eigenvalue weighted by molar-refractivity contribution is 7.73. The third kappa shape index (κ3) is 2.36. The molecule has 0 radical (unpaired) electrons. The van der Waals surface area contributed by atoms with Crippen molar-refractivity contribution in [1.29, 1.82) is 0 Å². The fourth-order valence-electron chi connectivity index (χ4n) is 0.588. The van der Waals surface area contributed by atoms with Crippen molar-refractivity contribution in [2.24, 2.45) is 5.73 Å². The van der Waals surface area contributed by atoms with Crippen LogP contribution < -0.4 is 11.1 Å². The van der Waals surface area contributed by atoms with Crippen LogP contribution in [0.5, 0.6) is 0 Å². The summed E-state index contributed by atoms with van der Waals surface area (Å²) in [4.78, 5) is 11.1. The summed E-state index contributed by atoms with van der Waals surface area (Å²) in [5, 5.41) is 9.14. The molecule has 0 aliphatic heterocycles. The summed E-state index contributed by atoms with van der Waals surface area (Å²) in [5.41, 5.74) is 5.20. The molecule has 0 saturated heterocycles. The molecule has 0 unspecified atom stereocenters. The van der Waals surface area contributed by atoms with Crippen LogP contribution in [0.15, 0.2) is 0 Å². The maximum atomic E-state index is 11.1. The Labute approximate surface area is 78.0 Å². The Hall–Kier alpha value is -0.790. The number of carbonyl (C=O) groups excluding carboxylic acids is 1. The molecule has 0 atom stereocenters. The highest BCUT2D eigenvalue weighted by atomic mass is 32.1. The molecule has 0 aliphatic rings. The first-order chi connectivity index (χ1) is 5.74. The molecule has 12 heavy (non-hydrogen) atoms. The summed E-state index contributed by atoms with van der Waals surface area (Å²) in [6, 6.07) is 0. The Morgan fingerprint density at radius 1 is 1.83 bits per heavy atom. The highest BCUT2D eigenvalue weighted by Crippen LogP contribution is 2.03. The molecular weight excluding hydrogens is 196 g/mol. The lowest BCUT2D eigenvalue weighted by Crippen LogP contribution is -2.28. The molecular formula is C5H8N4OS2. The number of aromatic amines is 1. The summed E-state index contributed by atoms with van der Waals surface area (Å²) < 4.78 is 0.493. The molecule has 1 amide bonds. The maximum Gasteiger partial charge on any atom is 0.282 e. The number of carbonyl (C=O) groups is 1. The van der Waals surface area contributed by atoms with Gasteiger partial charge in [-0.15, -0.1) is 0 Å². The van der Waals surface area contributed by atoms with E-state index in [0.717, 1.165) is 11.3 Å². The van der Waals surface area contributed by atoms with Crippen LogP contribution in [0.25, 0.3) is 0 Å². The van der Waals surface area contributed by atoms with Crippen LogP contribution >= 0.6 is 23.6 Å². The van der Waals surface area contributed by atoms with Crippen LogP contribution in [0.4, 0.5) is 0 Å². The lowest BCUT2D eigenvalue weighted by Gasteiger charge is -1.97. The van der Waals surface area contributed by atoms with Crippen molar-refractivity contribution in [2.75, 3.05) is 13.1 Å². The van der Waals surface area contributed by atoms with Crippen LogP contribution in [-0.2, 0) is 0 Å². The van der Waals surface area contributed by atoms with E-state index in [1.54, 1.807) is 0 Å². The summed E-state index contributed by atoms with van der Waals surface area (Å²) in [6.07, 6.45) is 0. The molecule has 4 N–H and O–H groups in total. The normalized spacial score (nSPS) is 9.75. The van der Waals surface area contributed by atoms with E-state index in [9.17, 15) is 4.79 Å². The summed E-state index contributed by atoms with van der Waals surface area (Å²) in [5.74, 6) is -0.238. The smallest absolute Gasteiger partial charge is 0.282 e. The number of rotatable bonds is 3. The third-order valence-electron chi connectivity index (χ3n) is 1.06. The van der Waals surface area contributed by atoms with Crippen molar-refractivity contribution in [3.05, 3.63) is 8.96 Å². The lowest BCUT2D eigenvalue weighted by molar-refractivity contribution is 0.0953. The molecule has 66 valence electrons. The largest absolute Gasteiger partial charge is 0.349 e. The Kier molecular flexibility index (Phi) is 3.32. The monoisotopic (exact) mass is 204 g/mol. The van der Waals surface area contributed by atoms with E-state index in [2.05, 4.69) is 15.5 Å². The van der Waals surface area contributed by atoms with Crippen molar-refractivity contribution in [2.45, 2.75) is 0 Å². The van der Waals surface area contributed by atoms with Gasteiger partial charge in [-0.25, -0.2) is 0 Å². The van der Waals surface area contributed by atoms with Gasteiger partial charge in [0.25, 0.3) is 5.91 Å². The predicted molar refractivity (Wildman–Crippen MR) is 48.7 cm³/mol. The van der Waals surface area contributed by atoms with Crippen molar-refractivity contribution < 1.29 is 4.79 Å². The van der Waals surface area contributed by atoms with Gasteiger partial charge in [0, 0.05) is 13.1 Å². The first-order valence-corrected chi connectivity index (χ1v) is 4.50. The predicted octanol–water partition coefficient (Wildman–Crippen LogP) is -0.111. The van der Waals surface area contributed by atoms with Crippen LogP contribution in [0.2, 0.25) is 0 Å². The van der Waals surface area contributed by atoms with Crippen LogP contribution in [-0.4, -0.2) is 29.2 Å². The van der Waals surface area contributed by atoms with Gasteiger partial charge in [0.2, 0.25) is 5.01 Å². The zero-order valence-electron chi connectivity index (χ0n) is 6.16. The highest BCUT2D eigenvalue weighted by Gasteiger charge is 2.07. The molecule has 0 aromatic carbocycles. The minimum atomic E-state index is -0.238. The molecule has 0 bridgehead atoms. The van der Waals surface area contributed by atoms with Gasteiger partial charge in [-0.05, 0) is 12.2 Å². The summed E-state index contributed by atoms with van der Waals surface area (Å²) in [7, 11) is 0. The zero-order valence-corrected chi connectivity index (χ0v) is 7.80. The molecule has 0 aliphatic carbocycles. The van der Waals surface area contributed by atoms with Gasteiger partial charge < -0.3 is 11.1 Å². The van der Waals surface area contributed by atoms with E-state index in [1.807, 2.05) is 0 Å². The van der Waals surface area contributed by atoms with Gasteiger partial charge in [-0.1, -0.05) is 11.3 Å². The average molecular weight is 204 g/mol. The van der Waals surface area contributed by atoms with Crippen LogP contribution in [0, 0.1) is 3.95 Å². The number of nitrogens with one attached hydrogen (secondary N) is 2. The van der Waals surface area contributed by atoms with Crippen molar-refractivity contribution in [3.8, 4) is 0 Å². The van der Waals surface area contributed by atoms with Gasteiger partial charge in [0.05, 0.1) is 0 Å². The first kappa shape index (κ1) is 9.30. The second-order valence-electron chi connectivity index (χ2n) is 1.96. The molecule has 1 heterocycles. The minimum Gasteiger partial charge on any atom is -0.349 e. The molecule has 1 aromatic heterocycles. The fourth-order valence-corrected chi connectivity index (χ4v) is 1.39. The molecule has 1 aromatic rings. The standard InChI is InChI=1S/C5H8N4OS2/c6-1-2-7-3(10)4-8-9-5(11)12-4/h1-2,6H2,(H,7,10)(H,9,11). The lowest BCUT2D eigenvalue weighted by atomic mass is 10.6. The number of aromatic nitrogens is 2. The van der Waals surface area contributed by atoms with Crippen molar-refractivity contribution in [3.63, 3.8) is 0 Å². The maximum absolute atomic E-state index is 11.1. The van der Waals surface area contributed by atoms with Gasteiger partial charge >= 0.3 is 0 Å². The second-order valence-corrected chi connectivity index (χ2v) is 3.63. The SMILES string of the molecule is NCCNC(=O)c1n[nH]c(=S)s1. The summed E-state index contributed by atoms with van der Waals surface area (Å²) >= 11 is 5.90. The quantitative estimate of drug-likeness (QED) is 0.600. The molecule has 0 fully saturated rings. The van der Waals surface area contributed by atoms with E-state index in [1.165, 1.54) is 0 Å². The third-order valence-corrected chi connectivity index (χ3v) is 2.15. The Morgan fingerprint density at radius 3 is 3.08 bits per heavy atom. The average Bonchev–Trinajstić information content (AvgIpc) is 2.47. The number of hydrogen-bond acceptors (Lipinski definition) is 5. The van der Waals surface area contributed by atoms with Gasteiger partial charge in [0.1, 0.15) is 0 Å². The van der Waals surface area contributed by atoms with Gasteiger partial charge in [0.15, 0.2) is 3.95 Å². The summed E-state index contributed by atoms with van der Waals surface area (Å²) in [6.45, 7) is 0.868. The van der Waals surface area contributed by atoms with E-state index >= 15 is 0 Å². The fraction of sp³-hybridized carbons (Fsp3) is 0.400. The Bertz CT molecular complexity index is 317. The molecule has 0 spiro atoms. The van der Waals surface area contributed by atoms with Gasteiger partial charge in [-0.3, -0.25) is 9.89 Å². The first-order valence-electron chi connectivity index (χ1n) is 3.28. The number of hydrogen-bond donors (Lipinski definition) is 3.